The standard InChI is InChI=1S/C25H31N3O4/c26-16-20-15-23(20)19-8-10-21(11-9-19)27-24(30)3-1-2-17-4-6-18(7-5-17)14-22(29)12-13-25(31)28-32/h4-11,20,23,32H,1-3,12-16,26H2,(H,27,30)(H,28,31). The Bertz CT molecular complexity index is 925. The molecule has 7 heteroatoms. The minimum absolute atomic E-state index is 0.00172. The third kappa shape index (κ3) is 7.28. The number of nitrogens with one attached hydrogen (secondary N) is 2. The summed E-state index contributed by atoms with van der Waals surface area (Å²) in [6.45, 7) is 0.732. The molecule has 170 valence electrons. The zero-order valence-corrected chi connectivity index (χ0v) is 18.2. The van der Waals surface area contributed by atoms with E-state index in [2.05, 4.69) is 17.4 Å². The van der Waals surface area contributed by atoms with E-state index in [4.69, 9.17) is 10.9 Å². The van der Waals surface area contributed by atoms with E-state index in [1.165, 1.54) is 11.0 Å². The van der Waals surface area contributed by atoms with Crippen molar-refractivity contribution in [1.29, 1.82) is 0 Å². The number of hydroxylamine groups is 1. The number of aryl methyl sites for hydroxylation is 1. The number of carbonyl (C=O) groups excluding carboxylic acids is 3. The number of rotatable bonds is 12. The molecule has 0 bridgehead atoms. The van der Waals surface area contributed by atoms with Crippen LogP contribution < -0.4 is 16.5 Å². The van der Waals surface area contributed by atoms with Crippen molar-refractivity contribution in [3.05, 3.63) is 65.2 Å². The van der Waals surface area contributed by atoms with E-state index in [0.29, 0.717) is 18.3 Å². The summed E-state index contributed by atoms with van der Waals surface area (Å²) in [5, 5.41) is 11.4. The van der Waals surface area contributed by atoms with Gasteiger partial charge in [-0.25, -0.2) is 5.48 Å². The molecule has 5 N–H and O–H groups in total. The van der Waals surface area contributed by atoms with Gasteiger partial charge in [0, 0.05) is 31.4 Å². The first-order valence-electron chi connectivity index (χ1n) is 11.1. The van der Waals surface area contributed by atoms with Crippen molar-refractivity contribution in [2.75, 3.05) is 11.9 Å². The summed E-state index contributed by atoms with van der Waals surface area (Å²) in [6.07, 6.45) is 3.44. The van der Waals surface area contributed by atoms with Gasteiger partial charge in [0.05, 0.1) is 0 Å². The summed E-state index contributed by atoms with van der Waals surface area (Å²) in [4.78, 5) is 35.1. The molecule has 2 amide bonds. The van der Waals surface area contributed by atoms with Gasteiger partial charge in [-0.05, 0) is 66.5 Å². The summed E-state index contributed by atoms with van der Waals surface area (Å²) in [7, 11) is 0. The van der Waals surface area contributed by atoms with Crippen LogP contribution in [0.15, 0.2) is 48.5 Å². The number of hydrogen-bond acceptors (Lipinski definition) is 5. The predicted molar refractivity (Wildman–Crippen MR) is 122 cm³/mol. The topological polar surface area (TPSA) is 122 Å². The fourth-order valence-electron chi connectivity index (χ4n) is 3.86. The van der Waals surface area contributed by atoms with Gasteiger partial charge in [0.15, 0.2) is 0 Å². The molecule has 0 spiro atoms. The van der Waals surface area contributed by atoms with E-state index in [9.17, 15) is 14.4 Å². The van der Waals surface area contributed by atoms with Crippen molar-refractivity contribution in [3.8, 4) is 0 Å². The zero-order chi connectivity index (χ0) is 22.9. The lowest BCUT2D eigenvalue weighted by molar-refractivity contribution is -0.131. The predicted octanol–water partition coefficient (Wildman–Crippen LogP) is 3.11. The normalized spacial score (nSPS) is 16.9. The first-order chi connectivity index (χ1) is 15.5. The Morgan fingerprint density at radius 3 is 2.22 bits per heavy atom. The molecule has 0 radical (unpaired) electrons. The van der Waals surface area contributed by atoms with Crippen LogP contribution in [0, 0.1) is 5.92 Å². The van der Waals surface area contributed by atoms with Gasteiger partial charge >= 0.3 is 0 Å². The number of nitrogens with two attached hydrogens (primary N) is 1. The van der Waals surface area contributed by atoms with E-state index in [-0.39, 0.29) is 31.0 Å². The van der Waals surface area contributed by atoms with Crippen LogP contribution in [0.5, 0.6) is 0 Å². The van der Waals surface area contributed by atoms with Gasteiger partial charge in [-0.3, -0.25) is 19.6 Å². The van der Waals surface area contributed by atoms with Crippen molar-refractivity contribution in [2.45, 2.75) is 50.9 Å². The molecule has 0 heterocycles. The van der Waals surface area contributed by atoms with E-state index in [1.807, 2.05) is 36.4 Å². The minimum Gasteiger partial charge on any atom is -0.330 e. The Balaban J connectivity index is 1.35. The summed E-state index contributed by atoms with van der Waals surface area (Å²) < 4.78 is 0. The number of Topliss-reactive ketones (excluding diaryl/α,β-unsaturated/α-hetero) is 1. The quantitative estimate of drug-likeness (QED) is 0.300. The molecular weight excluding hydrogens is 406 g/mol. The van der Waals surface area contributed by atoms with Crippen LogP contribution in [0.2, 0.25) is 0 Å². The van der Waals surface area contributed by atoms with Crippen molar-refractivity contribution in [3.63, 3.8) is 0 Å². The molecule has 32 heavy (non-hydrogen) atoms. The first kappa shape index (κ1) is 23.6. The molecule has 7 nitrogen and oxygen atoms in total. The lowest BCUT2D eigenvalue weighted by Gasteiger charge is -2.07. The summed E-state index contributed by atoms with van der Waals surface area (Å²) in [6, 6.07) is 15.8. The van der Waals surface area contributed by atoms with Crippen molar-refractivity contribution < 1.29 is 19.6 Å². The van der Waals surface area contributed by atoms with Crippen LogP contribution in [-0.4, -0.2) is 29.3 Å². The molecular formula is C25H31N3O4. The fourth-order valence-corrected chi connectivity index (χ4v) is 3.86. The minimum atomic E-state index is -0.561. The van der Waals surface area contributed by atoms with Gasteiger partial charge in [0.2, 0.25) is 11.8 Å². The van der Waals surface area contributed by atoms with Crippen LogP contribution in [0.4, 0.5) is 5.69 Å². The van der Waals surface area contributed by atoms with Crippen LogP contribution >= 0.6 is 0 Å². The van der Waals surface area contributed by atoms with Crippen LogP contribution in [0.3, 0.4) is 0 Å². The molecule has 3 rings (SSSR count). The average Bonchev–Trinajstić information content (AvgIpc) is 3.59. The Labute approximate surface area is 188 Å². The lowest BCUT2D eigenvalue weighted by Crippen LogP contribution is -2.19. The fraction of sp³-hybridized carbons (Fsp3) is 0.400. The molecule has 1 aliphatic carbocycles. The highest BCUT2D eigenvalue weighted by atomic mass is 16.5. The zero-order valence-electron chi connectivity index (χ0n) is 18.2. The van der Waals surface area contributed by atoms with Gasteiger partial charge in [0.25, 0.3) is 0 Å². The van der Waals surface area contributed by atoms with E-state index < -0.39 is 5.91 Å². The summed E-state index contributed by atoms with van der Waals surface area (Å²) in [5.74, 6) is 0.557. The highest BCUT2D eigenvalue weighted by molar-refractivity contribution is 5.90. The van der Waals surface area contributed by atoms with Crippen molar-refractivity contribution >= 4 is 23.3 Å². The Hall–Kier alpha value is -3.03. The van der Waals surface area contributed by atoms with Gasteiger partial charge in [0.1, 0.15) is 5.78 Å². The van der Waals surface area contributed by atoms with Crippen LogP contribution in [0.25, 0.3) is 0 Å². The van der Waals surface area contributed by atoms with Gasteiger partial charge < -0.3 is 11.1 Å². The van der Waals surface area contributed by atoms with Crippen molar-refractivity contribution in [2.24, 2.45) is 11.7 Å². The van der Waals surface area contributed by atoms with Gasteiger partial charge in [-0.15, -0.1) is 0 Å². The molecule has 2 atom stereocenters. The van der Waals surface area contributed by atoms with Crippen LogP contribution in [0.1, 0.15) is 54.7 Å². The SMILES string of the molecule is NCC1CC1c1ccc(NC(=O)CCCc2ccc(CC(=O)CCC(=O)NO)cc2)cc1. The highest BCUT2D eigenvalue weighted by Crippen LogP contribution is 2.46. The Morgan fingerprint density at radius 1 is 0.906 bits per heavy atom. The smallest absolute Gasteiger partial charge is 0.243 e. The lowest BCUT2D eigenvalue weighted by atomic mass is 10.0. The van der Waals surface area contributed by atoms with E-state index in [1.54, 1.807) is 0 Å². The highest BCUT2D eigenvalue weighted by Gasteiger charge is 2.36. The first-order valence-corrected chi connectivity index (χ1v) is 11.1. The molecule has 2 unspecified atom stereocenters. The third-order valence-electron chi connectivity index (χ3n) is 5.90. The largest absolute Gasteiger partial charge is 0.330 e. The van der Waals surface area contributed by atoms with Crippen molar-refractivity contribution in [1.82, 2.24) is 5.48 Å². The third-order valence-corrected chi connectivity index (χ3v) is 5.90. The number of ketones is 1. The molecule has 1 saturated carbocycles. The molecule has 1 fully saturated rings. The molecule has 2 aromatic rings. The molecule has 1 aliphatic rings. The van der Waals surface area contributed by atoms with Gasteiger partial charge in [-0.1, -0.05) is 36.4 Å². The average molecular weight is 438 g/mol. The Morgan fingerprint density at radius 2 is 1.59 bits per heavy atom. The number of hydrogen-bond donors (Lipinski definition) is 4. The number of amides is 2. The van der Waals surface area contributed by atoms with Gasteiger partial charge in [-0.2, -0.15) is 0 Å². The van der Waals surface area contributed by atoms with E-state index in [0.717, 1.165) is 42.6 Å². The summed E-state index contributed by atoms with van der Waals surface area (Å²) >= 11 is 0. The Kier molecular flexibility index (Phi) is 8.53. The molecule has 2 aromatic carbocycles. The van der Waals surface area contributed by atoms with Crippen LogP contribution in [-0.2, 0) is 27.2 Å². The molecule has 0 aromatic heterocycles. The maximum absolute atomic E-state index is 12.2. The maximum Gasteiger partial charge on any atom is 0.243 e. The van der Waals surface area contributed by atoms with E-state index >= 15 is 0 Å². The monoisotopic (exact) mass is 437 g/mol. The second-order valence-corrected chi connectivity index (χ2v) is 8.43. The molecule has 0 saturated heterocycles. The number of benzene rings is 2. The maximum atomic E-state index is 12.2. The number of carbonyl (C=O) groups is 3. The second-order valence-electron chi connectivity index (χ2n) is 8.43. The second kappa shape index (κ2) is 11.5. The summed E-state index contributed by atoms with van der Waals surface area (Å²) in [5.41, 5.74) is 11.3. The molecule has 0 aliphatic heterocycles. The number of anilines is 1.